The number of hydrogen-bond acceptors (Lipinski definition) is 2. The fourth-order valence-electron chi connectivity index (χ4n) is 2.62. The molecule has 2 nitrogen and oxygen atoms in total. The minimum Gasteiger partial charge on any atom is -0.489 e. The number of halogens is 1. The standard InChI is InChI=1S/C13H16ClNO/c1-8-5-9-6-10(13(15)3-2-4-13)7-11(14)12(9)16-8/h6-8H,2-5,15H2,1H3. The zero-order valence-electron chi connectivity index (χ0n) is 9.42. The van der Waals surface area contributed by atoms with Crippen LogP contribution in [0.25, 0.3) is 0 Å². The molecule has 2 N–H and O–H groups in total. The van der Waals surface area contributed by atoms with Gasteiger partial charge in [-0.25, -0.2) is 0 Å². The van der Waals surface area contributed by atoms with Gasteiger partial charge in [-0.15, -0.1) is 0 Å². The van der Waals surface area contributed by atoms with Crippen molar-refractivity contribution in [2.24, 2.45) is 5.73 Å². The second kappa shape index (κ2) is 3.38. The molecule has 2 aliphatic rings. The maximum atomic E-state index is 6.32. The summed E-state index contributed by atoms with van der Waals surface area (Å²) in [5.74, 6) is 0.862. The monoisotopic (exact) mass is 237 g/mol. The predicted octanol–water partition coefficient (Wildman–Crippen LogP) is 3.00. The van der Waals surface area contributed by atoms with Gasteiger partial charge in [-0.2, -0.15) is 0 Å². The van der Waals surface area contributed by atoms with Crippen molar-refractivity contribution in [3.63, 3.8) is 0 Å². The van der Waals surface area contributed by atoms with Gasteiger partial charge in [-0.05, 0) is 43.4 Å². The summed E-state index contributed by atoms with van der Waals surface area (Å²) in [5, 5.41) is 0.716. The smallest absolute Gasteiger partial charge is 0.141 e. The summed E-state index contributed by atoms with van der Waals surface area (Å²) < 4.78 is 5.68. The van der Waals surface area contributed by atoms with Gasteiger partial charge in [-0.3, -0.25) is 0 Å². The third-order valence-electron chi connectivity index (χ3n) is 3.77. The molecule has 1 aliphatic heterocycles. The summed E-state index contributed by atoms with van der Waals surface area (Å²) >= 11 is 6.25. The molecule has 1 atom stereocenters. The molecule has 3 rings (SSSR count). The van der Waals surface area contributed by atoms with Crippen molar-refractivity contribution in [1.82, 2.24) is 0 Å². The molecule has 0 bridgehead atoms. The molecule has 0 spiro atoms. The van der Waals surface area contributed by atoms with E-state index in [4.69, 9.17) is 22.1 Å². The fourth-order valence-corrected chi connectivity index (χ4v) is 2.90. The Morgan fingerprint density at radius 1 is 1.44 bits per heavy atom. The molecule has 0 amide bonds. The first-order valence-corrected chi connectivity index (χ1v) is 6.25. The molecular weight excluding hydrogens is 222 g/mol. The number of benzene rings is 1. The maximum Gasteiger partial charge on any atom is 0.141 e. The number of ether oxygens (including phenoxy) is 1. The van der Waals surface area contributed by atoms with Crippen LogP contribution in [0.2, 0.25) is 5.02 Å². The molecule has 1 fully saturated rings. The summed E-state index contributed by atoms with van der Waals surface area (Å²) in [7, 11) is 0. The van der Waals surface area contributed by atoms with Crippen molar-refractivity contribution < 1.29 is 4.74 Å². The maximum absolute atomic E-state index is 6.32. The Morgan fingerprint density at radius 2 is 2.19 bits per heavy atom. The quantitative estimate of drug-likeness (QED) is 0.815. The Balaban J connectivity index is 2.04. The lowest BCUT2D eigenvalue weighted by atomic mass is 9.72. The highest BCUT2D eigenvalue weighted by molar-refractivity contribution is 6.32. The van der Waals surface area contributed by atoms with E-state index < -0.39 is 0 Å². The normalized spacial score (nSPS) is 25.8. The minimum atomic E-state index is -0.134. The van der Waals surface area contributed by atoms with Crippen LogP contribution in [-0.2, 0) is 12.0 Å². The summed E-state index contributed by atoms with van der Waals surface area (Å²) in [6.07, 6.45) is 4.53. The van der Waals surface area contributed by atoms with Gasteiger partial charge in [0.2, 0.25) is 0 Å². The highest BCUT2D eigenvalue weighted by Crippen LogP contribution is 2.44. The molecule has 0 radical (unpaired) electrons. The van der Waals surface area contributed by atoms with E-state index in [1.807, 2.05) is 6.07 Å². The van der Waals surface area contributed by atoms with Crippen molar-refractivity contribution in [3.8, 4) is 5.75 Å². The lowest BCUT2D eigenvalue weighted by Gasteiger charge is -2.39. The third kappa shape index (κ3) is 1.44. The summed E-state index contributed by atoms with van der Waals surface area (Å²) in [6, 6.07) is 4.17. The molecule has 1 saturated carbocycles. The number of rotatable bonds is 1. The SMILES string of the molecule is CC1Cc2cc(C3(N)CCC3)cc(Cl)c2O1. The van der Waals surface area contributed by atoms with Crippen LogP contribution in [0, 0.1) is 0 Å². The molecule has 0 aromatic heterocycles. The molecule has 0 saturated heterocycles. The molecule has 1 unspecified atom stereocenters. The molecule has 1 aromatic carbocycles. The number of hydrogen-bond donors (Lipinski definition) is 1. The van der Waals surface area contributed by atoms with E-state index in [9.17, 15) is 0 Å². The topological polar surface area (TPSA) is 35.2 Å². The Kier molecular flexibility index (Phi) is 2.20. The van der Waals surface area contributed by atoms with Gasteiger partial charge in [0.1, 0.15) is 11.9 Å². The molecule has 1 heterocycles. The van der Waals surface area contributed by atoms with Crippen molar-refractivity contribution in [1.29, 1.82) is 0 Å². The molecule has 1 aromatic rings. The van der Waals surface area contributed by atoms with Crippen LogP contribution >= 0.6 is 11.6 Å². The van der Waals surface area contributed by atoms with E-state index in [1.54, 1.807) is 0 Å². The lowest BCUT2D eigenvalue weighted by Crippen LogP contribution is -2.43. The molecule has 86 valence electrons. The van der Waals surface area contributed by atoms with Crippen LogP contribution in [0.3, 0.4) is 0 Å². The average molecular weight is 238 g/mol. The van der Waals surface area contributed by atoms with Gasteiger partial charge in [-0.1, -0.05) is 17.7 Å². The fraction of sp³-hybridized carbons (Fsp3) is 0.538. The van der Waals surface area contributed by atoms with E-state index in [1.165, 1.54) is 17.5 Å². The summed E-state index contributed by atoms with van der Waals surface area (Å²) in [6.45, 7) is 2.07. The molecule has 16 heavy (non-hydrogen) atoms. The first-order valence-electron chi connectivity index (χ1n) is 5.87. The lowest BCUT2D eigenvalue weighted by molar-refractivity contribution is 0.252. The van der Waals surface area contributed by atoms with Crippen LogP contribution < -0.4 is 10.5 Å². The molecule has 3 heteroatoms. The van der Waals surface area contributed by atoms with Gasteiger partial charge in [0, 0.05) is 12.0 Å². The number of nitrogens with two attached hydrogens (primary N) is 1. The Hall–Kier alpha value is -0.730. The largest absolute Gasteiger partial charge is 0.489 e. The predicted molar refractivity (Wildman–Crippen MR) is 65.0 cm³/mol. The third-order valence-corrected chi connectivity index (χ3v) is 4.05. The van der Waals surface area contributed by atoms with Crippen molar-refractivity contribution >= 4 is 11.6 Å². The first-order chi connectivity index (χ1) is 7.58. The van der Waals surface area contributed by atoms with Crippen molar-refractivity contribution in [3.05, 3.63) is 28.3 Å². The zero-order chi connectivity index (χ0) is 11.3. The van der Waals surface area contributed by atoms with Gasteiger partial charge < -0.3 is 10.5 Å². The van der Waals surface area contributed by atoms with Gasteiger partial charge in [0.05, 0.1) is 5.02 Å². The van der Waals surface area contributed by atoms with Gasteiger partial charge >= 0.3 is 0 Å². The second-order valence-electron chi connectivity index (χ2n) is 5.09. The van der Waals surface area contributed by atoms with Crippen molar-refractivity contribution in [2.75, 3.05) is 0 Å². The van der Waals surface area contributed by atoms with E-state index in [2.05, 4.69) is 13.0 Å². The van der Waals surface area contributed by atoms with Gasteiger partial charge in [0.15, 0.2) is 0 Å². The summed E-state index contributed by atoms with van der Waals surface area (Å²) in [4.78, 5) is 0. The molecule has 1 aliphatic carbocycles. The first kappa shape index (κ1) is 10.4. The van der Waals surface area contributed by atoms with E-state index >= 15 is 0 Å². The van der Waals surface area contributed by atoms with Crippen LogP contribution in [0.15, 0.2) is 12.1 Å². The minimum absolute atomic E-state index is 0.134. The Labute approximate surface area is 101 Å². The van der Waals surface area contributed by atoms with Gasteiger partial charge in [0.25, 0.3) is 0 Å². The van der Waals surface area contributed by atoms with E-state index in [-0.39, 0.29) is 11.6 Å². The highest BCUT2D eigenvalue weighted by Gasteiger charge is 2.36. The van der Waals surface area contributed by atoms with Crippen LogP contribution in [0.4, 0.5) is 0 Å². The van der Waals surface area contributed by atoms with Crippen LogP contribution in [0.5, 0.6) is 5.75 Å². The Morgan fingerprint density at radius 3 is 2.81 bits per heavy atom. The van der Waals surface area contributed by atoms with Crippen LogP contribution in [0.1, 0.15) is 37.3 Å². The van der Waals surface area contributed by atoms with Crippen LogP contribution in [-0.4, -0.2) is 6.10 Å². The second-order valence-corrected chi connectivity index (χ2v) is 5.50. The van der Waals surface area contributed by atoms with E-state index in [0.717, 1.165) is 25.0 Å². The molecular formula is C13H16ClNO. The average Bonchev–Trinajstić information content (AvgIpc) is 2.55. The highest BCUT2D eigenvalue weighted by atomic mass is 35.5. The zero-order valence-corrected chi connectivity index (χ0v) is 10.2. The van der Waals surface area contributed by atoms with Crippen molar-refractivity contribution in [2.45, 2.75) is 44.2 Å². The summed E-state index contributed by atoms with van der Waals surface area (Å²) in [5.41, 5.74) is 8.58. The number of fused-ring (bicyclic) bond motifs is 1. The Bertz CT molecular complexity index is 440. The van der Waals surface area contributed by atoms with E-state index in [0.29, 0.717) is 5.02 Å².